The lowest BCUT2D eigenvalue weighted by Crippen LogP contribution is -2.39. The molecule has 2 nitrogen and oxygen atoms in total. The maximum Gasteiger partial charge on any atom is 0.208 e. The Kier molecular flexibility index (Phi) is 2.46. The second kappa shape index (κ2) is 3.62. The maximum atomic E-state index is 5.84. The summed E-state index contributed by atoms with van der Waals surface area (Å²) in [6.07, 6.45) is 1.96. The largest absolute Gasteiger partial charge is 0.462 e. The molecule has 0 fully saturated rings. The number of hydrogen-bond donors (Lipinski definition) is 0. The standard InChI is InChI=1S/C12H16O2/c1-3-13-12(2)9-8-10-6-4-5-7-11(10)14-12/h4-7H,3,8-9H2,1-2H3. The summed E-state index contributed by atoms with van der Waals surface area (Å²) in [5, 5.41) is 0. The zero-order chi connectivity index (χ0) is 10.0. The van der Waals surface area contributed by atoms with Gasteiger partial charge in [-0.25, -0.2) is 0 Å². The second-order valence-corrected chi connectivity index (χ2v) is 3.78. The van der Waals surface area contributed by atoms with Gasteiger partial charge in [-0.1, -0.05) is 18.2 Å². The van der Waals surface area contributed by atoms with E-state index in [1.165, 1.54) is 5.56 Å². The lowest BCUT2D eigenvalue weighted by Gasteiger charge is -2.35. The van der Waals surface area contributed by atoms with E-state index in [0.29, 0.717) is 6.61 Å². The highest BCUT2D eigenvalue weighted by Gasteiger charge is 2.31. The van der Waals surface area contributed by atoms with Crippen molar-refractivity contribution in [2.24, 2.45) is 0 Å². The van der Waals surface area contributed by atoms with Gasteiger partial charge in [0, 0.05) is 20.0 Å². The van der Waals surface area contributed by atoms with Crippen LogP contribution in [0.2, 0.25) is 0 Å². The van der Waals surface area contributed by atoms with E-state index in [1.807, 2.05) is 32.0 Å². The van der Waals surface area contributed by atoms with E-state index in [2.05, 4.69) is 6.07 Å². The van der Waals surface area contributed by atoms with Crippen molar-refractivity contribution in [1.82, 2.24) is 0 Å². The molecule has 1 aromatic carbocycles. The summed E-state index contributed by atoms with van der Waals surface area (Å²) in [5.74, 6) is 0.540. The molecule has 0 saturated heterocycles. The zero-order valence-corrected chi connectivity index (χ0v) is 8.75. The number of benzene rings is 1. The van der Waals surface area contributed by atoms with Gasteiger partial charge in [-0.2, -0.15) is 0 Å². The summed E-state index contributed by atoms with van der Waals surface area (Å²) in [4.78, 5) is 0. The predicted molar refractivity (Wildman–Crippen MR) is 55.4 cm³/mol. The van der Waals surface area contributed by atoms with E-state index in [0.717, 1.165) is 18.6 Å². The van der Waals surface area contributed by atoms with Crippen LogP contribution in [0.4, 0.5) is 0 Å². The van der Waals surface area contributed by atoms with Gasteiger partial charge >= 0.3 is 0 Å². The fraction of sp³-hybridized carbons (Fsp3) is 0.500. The highest BCUT2D eigenvalue weighted by molar-refractivity contribution is 5.35. The van der Waals surface area contributed by atoms with Gasteiger partial charge < -0.3 is 9.47 Å². The Bertz CT molecular complexity index is 322. The molecule has 1 aliphatic rings. The minimum atomic E-state index is -0.427. The number of para-hydroxylation sites is 1. The lowest BCUT2D eigenvalue weighted by molar-refractivity contribution is -0.176. The monoisotopic (exact) mass is 192 g/mol. The lowest BCUT2D eigenvalue weighted by atomic mass is 10.0. The number of fused-ring (bicyclic) bond motifs is 1. The molecule has 0 N–H and O–H groups in total. The van der Waals surface area contributed by atoms with Crippen LogP contribution < -0.4 is 4.74 Å². The number of aryl methyl sites for hydroxylation is 1. The fourth-order valence-corrected chi connectivity index (χ4v) is 1.86. The summed E-state index contributed by atoms with van der Waals surface area (Å²) >= 11 is 0. The first-order valence-electron chi connectivity index (χ1n) is 5.14. The van der Waals surface area contributed by atoms with Crippen LogP contribution in [0.5, 0.6) is 5.75 Å². The fourth-order valence-electron chi connectivity index (χ4n) is 1.86. The second-order valence-electron chi connectivity index (χ2n) is 3.78. The van der Waals surface area contributed by atoms with Gasteiger partial charge in [0.05, 0.1) is 0 Å². The van der Waals surface area contributed by atoms with Crippen molar-refractivity contribution in [3.05, 3.63) is 29.8 Å². The van der Waals surface area contributed by atoms with Crippen molar-refractivity contribution in [2.45, 2.75) is 32.5 Å². The molecular formula is C12H16O2. The number of ether oxygens (including phenoxy) is 2. The molecule has 0 radical (unpaired) electrons. The molecule has 2 heteroatoms. The van der Waals surface area contributed by atoms with Crippen LogP contribution in [-0.2, 0) is 11.2 Å². The molecule has 0 spiro atoms. The van der Waals surface area contributed by atoms with E-state index >= 15 is 0 Å². The zero-order valence-electron chi connectivity index (χ0n) is 8.75. The van der Waals surface area contributed by atoms with Crippen molar-refractivity contribution in [3.8, 4) is 5.75 Å². The Morgan fingerprint density at radius 2 is 2.21 bits per heavy atom. The topological polar surface area (TPSA) is 18.5 Å². The smallest absolute Gasteiger partial charge is 0.208 e. The Hall–Kier alpha value is -1.02. The highest BCUT2D eigenvalue weighted by atomic mass is 16.7. The Labute approximate surface area is 84.8 Å². The molecule has 1 heterocycles. The molecule has 76 valence electrons. The van der Waals surface area contributed by atoms with Gasteiger partial charge in [0.1, 0.15) is 5.75 Å². The SMILES string of the molecule is CCOC1(C)CCc2ccccc2O1. The van der Waals surface area contributed by atoms with Gasteiger partial charge in [-0.3, -0.25) is 0 Å². The molecule has 1 aliphatic heterocycles. The molecule has 0 aliphatic carbocycles. The van der Waals surface area contributed by atoms with E-state index in [9.17, 15) is 0 Å². The van der Waals surface area contributed by atoms with Crippen molar-refractivity contribution < 1.29 is 9.47 Å². The summed E-state index contributed by atoms with van der Waals surface area (Å²) in [5.41, 5.74) is 1.28. The molecule has 14 heavy (non-hydrogen) atoms. The molecular weight excluding hydrogens is 176 g/mol. The van der Waals surface area contributed by atoms with E-state index in [-0.39, 0.29) is 0 Å². The molecule has 1 aromatic rings. The van der Waals surface area contributed by atoms with Crippen LogP contribution in [0.3, 0.4) is 0 Å². The van der Waals surface area contributed by atoms with Crippen LogP contribution in [0.1, 0.15) is 25.8 Å². The molecule has 0 bridgehead atoms. The average molecular weight is 192 g/mol. The van der Waals surface area contributed by atoms with Crippen LogP contribution >= 0.6 is 0 Å². The van der Waals surface area contributed by atoms with Crippen molar-refractivity contribution in [3.63, 3.8) is 0 Å². The van der Waals surface area contributed by atoms with Crippen LogP contribution in [0, 0.1) is 0 Å². The number of rotatable bonds is 2. The minimum Gasteiger partial charge on any atom is -0.462 e. The van der Waals surface area contributed by atoms with Gasteiger partial charge in [0.25, 0.3) is 0 Å². The summed E-state index contributed by atoms with van der Waals surface area (Å²) in [6, 6.07) is 8.16. The third-order valence-corrected chi connectivity index (χ3v) is 2.60. The predicted octanol–water partition coefficient (Wildman–Crippen LogP) is 2.76. The average Bonchev–Trinajstić information content (AvgIpc) is 2.17. The van der Waals surface area contributed by atoms with Crippen LogP contribution in [0.25, 0.3) is 0 Å². The molecule has 1 unspecified atom stereocenters. The van der Waals surface area contributed by atoms with Crippen LogP contribution in [-0.4, -0.2) is 12.4 Å². The molecule has 1 atom stereocenters. The first-order chi connectivity index (χ1) is 6.73. The third-order valence-electron chi connectivity index (χ3n) is 2.60. The first-order valence-corrected chi connectivity index (χ1v) is 5.14. The Balaban J connectivity index is 2.20. The molecule has 0 saturated carbocycles. The van der Waals surface area contributed by atoms with Crippen molar-refractivity contribution in [1.29, 1.82) is 0 Å². The molecule has 0 aromatic heterocycles. The van der Waals surface area contributed by atoms with Gasteiger partial charge in [0.15, 0.2) is 0 Å². The van der Waals surface area contributed by atoms with Crippen LogP contribution in [0.15, 0.2) is 24.3 Å². The maximum absolute atomic E-state index is 5.84. The summed E-state index contributed by atoms with van der Waals surface area (Å²) in [7, 11) is 0. The minimum absolute atomic E-state index is 0.427. The third kappa shape index (κ3) is 1.75. The summed E-state index contributed by atoms with van der Waals surface area (Å²) < 4.78 is 11.4. The van der Waals surface area contributed by atoms with E-state index < -0.39 is 5.79 Å². The Morgan fingerprint density at radius 3 is 3.00 bits per heavy atom. The molecule has 2 rings (SSSR count). The normalized spacial score (nSPS) is 25.3. The van der Waals surface area contributed by atoms with Gasteiger partial charge in [-0.05, 0) is 25.0 Å². The molecule has 0 amide bonds. The van der Waals surface area contributed by atoms with Crippen molar-refractivity contribution >= 4 is 0 Å². The van der Waals surface area contributed by atoms with E-state index in [1.54, 1.807) is 0 Å². The number of hydrogen-bond acceptors (Lipinski definition) is 2. The van der Waals surface area contributed by atoms with E-state index in [4.69, 9.17) is 9.47 Å². The Morgan fingerprint density at radius 1 is 1.43 bits per heavy atom. The highest BCUT2D eigenvalue weighted by Crippen LogP contribution is 2.33. The van der Waals surface area contributed by atoms with Crippen molar-refractivity contribution in [2.75, 3.05) is 6.61 Å². The summed E-state index contributed by atoms with van der Waals surface area (Å²) in [6.45, 7) is 4.69. The first kappa shape index (κ1) is 9.53. The van der Waals surface area contributed by atoms with Gasteiger partial charge in [0.2, 0.25) is 5.79 Å². The quantitative estimate of drug-likeness (QED) is 0.717. The van der Waals surface area contributed by atoms with Gasteiger partial charge in [-0.15, -0.1) is 0 Å².